The Labute approximate surface area is 202 Å². The molecule has 1 amide bonds. The molecule has 2 bridgehead atoms. The maximum Gasteiger partial charge on any atom is 0.407 e. The van der Waals surface area contributed by atoms with Gasteiger partial charge >= 0.3 is 6.09 Å². The topological polar surface area (TPSA) is 60.0 Å². The van der Waals surface area contributed by atoms with Gasteiger partial charge in [0, 0.05) is 13.7 Å². The number of nitrogens with one attached hydrogen (secondary N) is 1. The molecular formula is C28H36N2O4. The second kappa shape index (κ2) is 9.59. The summed E-state index contributed by atoms with van der Waals surface area (Å²) in [5, 5.41) is 3.25. The zero-order valence-electron chi connectivity index (χ0n) is 20.5. The Hall–Kier alpha value is -2.57. The fourth-order valence-electron chi connectivity index (χ4n) is 5.80. The van der Waals surface area contributed by atoms with Crippen LogP contribution in [-0.2, 0) is 15.9 Å². The van der Waals surface area contributed by atoms with Crippen LogP contribution < -0.4 is 10.1 Å². The first-order valence-electron chi connectivity index (χ1n) is 12.5. The molecule has 6 nitrogen and oxygen atoms in total. The summed E-state index contributed by atoms with van der Waals surface area (Å²) in [7, 11) is 1.62. The molecule has 3 heterocycles. The normalized spacial score (nSPS) is 27.0. The number of hydrogen-bond acceptors (Lipinski definition) is 5. The lowest BCUT2D eigenvalue weighted by Gasteiger charge is -2.44. The van der Waals surface area contributed by atoms with Crippen molar-refractivity contribution in [1.29, 1.82) is 0 Å². The number of alkyl carbamates (subject to hydrolysis) is 1. The minimum absolute atomic E-state index is 0.0173. The van der Waals surface area contributed by atoms with Gasteiger partial charge in [-0.3, -0.25) is 4.90 Å². The Morgan fingerprint density at radius 1 is 1.12 bits per heavy atom. The standard InChI is InChI=1S/C28H36N2O4/c1-28(2)12-9-22-15-21(20-5-4-6-23(16-20)33-18-32-3)7-8-24(22)26(28)29-27(31)34-25-17-30-13-10-19(25)11-14-30/h4-8,15-16,19,25-26H,9-14,17-18H2,1-3H3,(H,29,31)/t25-,26?/m1/s1. The molecule has 6 heteroatoms. The maximum atomic E-state index is 13.0. The van der Waals surface area contributed by atoms with Crippen molar-refractivity contribution in [3.8, 4) is 16.9 Å². The van der Waals surface area contributed by atoms with E-state index in [1.807, 2.05) is 18.2 Å². The van der Waals surface area contributed by atoms with Crippen molar-refractivity contribution < 1.29 is 19.0 Å². The number of aryl methyl sites for hydroxylation is 1. The number of benzene rings is 2. The van der Waals surface area contributed by atoms with Gasteiger partial charge in [0.25, 0.3) is 0 Å². The summed E-state index contributed by atoms with van der Waals surface area (Å²) in [5.74, 6) is 1.29. The second-order valence-electron chi connectivity index (χ2n) is 10.6. The number of methoxy groups -OCH3 is 1. The van der Waals surface area contributed by atoms with E-state index in [1.54, 1.807) is 7.11 Å². The van der Waals surface area contributed by atoms with Crippen LogP contribution in [0, 0.1) is 11.3 Å². The molecule has 1 unspecified atom stereocenters. The summed E-state index contributed by atoms with van der Waals surface area (Å²) in [6.07, 6.45) is 4.00. The highest BCUT2D eigenvalue weighted by molar-refractivity contribution is 5.70. The zero-order chi connectivity index (χ0) is 23.7. The summed E-state index contributed by atoms with van der Waals surface area (Å²) < 4.78 is 16.6. The van der Waals surface area contributed by atoms with Crippen LogP contribution in [0.3, 0.4) is 0 Å². The van der Waals surface area contributed by atoms with Gasteiger partial charge in [0.15, 0.2) is 6.79 Å². The maximum absolute atomic E-state index is 13.0. The zero-order valence-corrected chi connectivity index (χ0v) is 20.5. The molecule has 34 heavy (non-hydrogen) atoms. The van der Waals surface area contributed by atoms with Gasteiger partial charge in [0.05, 0.1) is 6.04 Å². The first-order valence-corrected chi connectivity index (χ1v) is 12.5. The van der Waals surface area contributed by atoms with Gasteiger partial charge in [-0.15, -0.1) is 0 Å². The predicted octanol–water partition coefficient (Wildman–Crippen LogP) is 5.17. The van der Waals surface area contributed by atoms with Crippen molar-refractivity contribution in [2.24, 2.45) is 11.3 Å². The molecule has 2 atom stereocenters. The molecule has 0 saturated carbocycles. The van der Waals surface area contributed by atoms with Gasteiger partial charge in [-0.2, -0.15) is 0 Å². The number of fused-ring (bicyclic) bond motifs is 4. The Morgan fingerprint density at radius 3 is 2.65 bits per heavy atom. The third-order valence-corrected chi connectivity index (χ3v) is 7.90. The quantitative estimate of drug-likeness (QED) is 0.598. The van der Waals surface area contributed by atoms with Crippen LogP contribution in [0.1, 0.15) is 50.3 Å². The number of rotatable bonds is 6. The minimum atomic E-state index is -0.281. The second-order valence-corrected chi connectivity index (χ2v) is 10.6. The number of amides is 1. The van der Waals surface area contributed by atoms with E-state index in [0.717, 1.165) is 62.2 Å². The molecule has 0 radical (unpaired) electrons. The predicted molar refractivity (Wildman–Crippen MR) is 132 cm³/mol. The van der Waals surface area contributed by atoms with E-state index in [-0.39, 0.29) is 30.4 Å². The molecule has 1 aliphatic carbocycles. The Kier molecular flexibility index (Phi) is 6.54. The molecule has 6 rings (SSSR count). The fourth-order valence-corrected chi connectivity index (χ4v) is 5.80. The summed E-state index contributed by atoms with van der Waals surface area (Å²) >= 11 is 0. The van der Waals surface area contributed by atoms with Crippen LogP contribution in [0.15, 0.2) is 42.5 Å². The summed E-state index contributed by atoms with van der Waals surface area (Å²) in [4.78, 5) is 15.4. The van der Waals surface area contributed by atoms with E-state index >= 15 is 0 Å². The van der Waals surface area contributed by atoms with Crippen LogP contribution in [0.25, 0.3) is 11.1 Å². The number of carbonyl (C=O) groups is 1. The lowest BCUT2D eigenvalue weighted by Crippen LogP contribution is -2.53. The van der Waals surface area contributed by atoms with E-state index in [2.05, 4.69) is 48.3 Å². The summed E-state index contributed by atoms with van der Waals surface area (Å²) in [5.41, 5.74) is 4.68. The van der Waals surface area contributed by atoms with Crippen molar-refractivity contribution in [1.82, 2.24) is 10.2 Å². The highest BCUT2D eigenvalue weighted by Crippen LogP contribution is 2.44. The van der Waals surface area contributed by atoms with Gasteiger partial charge in [-0.25, -0.2) is 4.79 Å². The van der Waals surface area contributed by atoms with Crippen LogP contribution >= 0.6 is 0 Å². The SMILES string of the molecule is COCOc1cccc(-c2ccc3c(c2)CCC(C)(C)C3NC(=O)O[C@@H]2CN3CCC2CC3)c1. The highest BCUT2D eigenvalue weighted by Gasteiger charge is 2.40. The van der Waals surface area contributed by atoms with Crippen LogP contribution in [0.2, 0.25) is 0 Å². The molecule has 182 valence electrons. The Balaban J connectivity index is 1.33. The molecule has 1 N–H and O–H groups in total. The molecule has 2 aromatic carbocycles. The van der Waals surface area contributed by atoms with Gasteiger partial charge in [0.1, 0.15) is 11.9 Å². The van der Waals surface area contributed by atoms with Crippen molar-refractivity contribution >= 4 is 6.09 Å². The third-order valence-electron chi connectivity index (χ3n) is 7.90. The first-order chi connectivity index (χ1) is 16.4. The summed E-state index contributed by atoms with van der Waals surface area (Å²) in [6, 6.07) is 14.6. The molecule has 3 saturated heterocycles. The van der Waals surface area contributed by atoms with Gasteiger partial charge < -0.3 is 19.5 Å². The molecule has 0 aromatic heterocycles. The van der Waals surface area contributed by atoms with Gasteiger partial charge in [-0.1, -0.05) is 44.2 Å². The van der Waals surface area contributed by atoms with E-state index in [0.29, 0.717) is 5.92 Å². The third kappa shape index (κ3) is 4.80. The van der Waals surface area contributed by atoms with Crippen molar-refractivity contribution in [3.63, 3.8) is 0 Å². The minimum Gasteiger partial charge on any atom is -0.468 e. The van der Waals surface area contributed by atoms with Crippen molar-refractivity contribution in [3.05, 3.63) is 53.6 Å². The molecule has 3 fully saturated rings. The Bertz CT molecular complexity index is 1030. The monoisotopic (exact) mass is 464 g/mol. The van der Waals surface area contributed by atoms with Crippen LogP contribution in [0.4, 0.5) is 4.79 Å². The van der Waals surface area contributed by atoms with E-state index in [4.69, 9.17) is 14.2 Å². The average molecular weight is 465 g/mol. The van der Waals surface area contributed by atoms with Gasteiger partial charge in [-0.05, 0) is 84.5 Å². The molecular weight excluding hydrogens is 428 g/mol. The lowest BCUT2D eigenvalue weighted by atomic mass is 9.70. The lowest BCUT2D eigenvalue weighted by molar-refractivity contribution is -0.0353. The number of carbonyl (C=O) groups excluding carboxylic acids is 1. The van der Waals surface area contributed by atoms with Crippen LogP contribution in [-0.4, -0.2) is 50.6 Å². The van der Waals surface area contributed by atoms with E-state index < -0.39 is 0 Å². The first kappa shape index (κ1) is 23.2. The number of ether oxygens (including phenoxy) is 3. The fraction of sp³-hybridized carbons (Fsp3) is 0.536. The van der Waals surface area contributed by atoms with Crippen molar-refractivity contribution in [2.75, 3.05) is 33.5 Å². The van der Waals surface area contributed by atoms with Crippen molar-refractivity contribution in [2.45, 2.75) is 51.7 Å². The number of hydrogen-bond donors (Lipinski definition) is 1. The number of piperidine rings is 3. The van der Waals surface area contributed by atoms with Gasteiger partial charge in [0.2, 0.25) is 0 Å². The summed E-state index contributed by atoms with van der Waals surface area (Å²) in [6.45, 7) is 7.85. The van der Waals surface area contributed by atoms with E-state index in [9.17, 15) is 4.79 Å². The molecule has 3 aliphatic heterocycles. The highest BCUT2D eigenvalue weighted by atomic mass is 16.7. The Morgan fingerprint density at radius 2 is 1.91 bits per heavy atom. The molecule has 4 aliphatic rings. The largest absolute Gasteiger partial charge is 0.468 e. The molecule has 2 aromatic rings. The smallest absolute Gasteiger partial charge is 0.407 e. The van der Waals surface area contributed by atoms with E-state index in [1.165, 1.54) is 11.1 Å². The number of nitrogens with zero attached hydrogens (tertiary/aromatic N) is 1. The van der Waals surface area contributed by atoms with Crippen LogP contribution in [0.5, 0.6) is 5.75 Å². The average Bonchev–Trinajstić information content (AvgIpc) is 2.85. The molecule has 0 spiro atoms.